The molecule has 3 aromatic rings. The van der Waals surface area contributed by atoms with E-state index in [4.69, 9.17) is 9.47 Å². The zero-order valence-corrected chi connectivity index (χ0v) is 16.3. The molecule has 2 unspecified atom stereocenters. The minimum atomic E-state index is -1.19. The smallest absolute Gasteiger partial charge is 0.322 e. The number of thioether (sulfide) groups is 1. The van der Waals surface area contributed by atoms with Crippen molar-refractivity contribution in [3.05, 3.63) is 71.4 Å². The van der Waals surface area contributed by atoms with Crippen molar-refractivity contribution in [3.63, 3.8) is 0 Å². The maximum absolute atomic E-state index is 12.1. The molecule has 1 aliphatic rings. The van der Waals surface area contributed by atoms with Crippen molar-refractivity contribution in [2.45, 2.75) is 24.5 Å². The number of methoxy groups -OCH3 is 1. The van der Waals surface area contributed by atoms with E-state index in [-0.39, 0.29) is 6.61 Å². The van der Waals surface area contributed by atoms with Crippen LogP contribution < -0.4 is 4.74 Å². The predicted octanol–water partition coefficient (Wildman–Crippen LogP) is 3.94. The first kappa shape index (κ1) is 18.6. The minimum absolute atomic E-state index is 0.283. The summed E-state index contributed by atoms with van der Waals surface area (Å²) in [4.78, 5) is 16.5. The molecular weight excluding hydrogens is 376 g/mol. The Labute approximate surface area is 166 Å². The normalized spacial score (nSPS) is 21.3. The third-order valence-corrected chi connectivity index (χ3v) is 6.08. The first-order valence-electron chi connectivity index (χ1n) is 8.81. The molecule has 4 rings (SSSR count). The number of hydrogen-bond donors (Lipinski definition) is 1. The average Bonchev–Trinajstić information content (AvgIpc) is 3.31. The molecule has 0 amide bonds. The Morgan fingerprint density at radius 3 is 2.89 bits per heavy atom. The maximum atomic E-state index is 12.1. The summed E-state index contributed by atoms with van der Waals surface area (Å²) >= 11 is 1.23. The molecule has 2 aromatic carbocycles. The number of aromatic nitrogens is 2. The summed E-state index contributed by atoms with van der Waals surface area (Å²) in [6.45, 7) is 2.29. The Hall–Kier alpha value is -2.77. The number of aryl methyl sites for hydroxylation is 1. The Kier molecular flexibility index (Phi) is 4.87. The number of hydrogen-bond acceptors (Lipinski definition) is 5. The van der Waals surface area contributed by atoms with E-state index in [1.54, 1.807) is 29.5 Å². The van der Waals surface area contributed by atoms with Gasteiger partial charge >= 0.3 is 5.97 Å². The molecule has 1 aliphatic heterocycles. The third-order valence-electron chi connectivity index (χ3n) is 4.97. The van der Waals surface area contributed by atoms with Gasteiger partial charge in [-0.05, 0) is 41.7 Å². The van der Waals surface area contributed by atoms with Crippen molar-refractivity contribution in [2.24, 2.45) is 0 Å². The Balaban J connectivity index is 1.81. The van der Waals surface area contributed by atoms with E-state index in [0.717, 1.165) is 22.2 Å². The highest BCUT2D eigenvalue weighted by Crippen LogP contribution is 2.43. The summed E-state index contributed by atoms with van der Waals surface area (Å²) < 4.78 is 13.5. The zero-order valence-electron chi connectivity index (χ0n) is 15.5. The molecule has 6 nitrogen and oxygen atoms in total. The predicted molar refractivity (Wildman–Crippen MR) is 108 cm³/mol. The summed E-state index contributed by atoms with van der Waals surface area (Å²) in [5, 5.41) is 10.8. The van der Waals surface area contributed by atoms with Gasteiger partial charge in [-0.25, -0.2) is 4.98 Å². The number of fused-ring (bicyclic) bond motifs is 1. The van der Waals surface area contributed by atoms with E-state index < -0.39 is 16.9 Å². The van der Waals surface area contributed by atoms with E-state index in [1.807, 2.05) is 49.4 Å². The second kappa shape index (κ2) is 7.33. The molecule has 7 heteroatoms. The SMILES string of the molecule is COc1ccc2ncn(C3(OCc4ccccc4C)C=CSC3C(=O)O)c2c1. The van der Waals surface area contributed by atoms with Crippen LogP contribution in [0, 0.1) is 6.92 Å². The molecule has 0 radical (unpaired) electrons. The highest BCUT2D eigenvalue weighted by molar-refractivity contribution is 8.03. The number of carbonyl (C=O) groups is 1. The molecule has 0 aliphatic carbocycles. The lowest BCUT2D eigenvalue weighted by molar-refractivity contribution is -0.147. The van der Waals surface area contributed by atoms with Crippen molar-refractivity contribution in [3.8, 4) is 5.75 Å². The van der Waals surface area contributed by atoms with Gasteiger partial charge in [0.15, 0.2) is 11.0 Å². The molecule has 0 bridgehead atoms. The van der Waals surface area contributed by atoms with E-state index in [2.05, 4.69) is 4.98 Å². The van der Waals surface area contributed by atoms with Crippen LogP contribution in [-0.2, 0) is 21.9 Å². The van der Waals surface area contributed by atoms with Crippen LogP contribution in [0.5, 0.6) is 5.75 Å². The van der Waals surface area contributed by atoms with E-state index in [1.165, 1.54) is 11.8 Å². The van der Waals surface area contributed by atoms with Crippen molar-refractivity contribution in [1.29, 1.82) is 0 Å². The van der Waals surface area contributed by atoms with Gasteiger partial charge in [0.1, 0.15) is 5.75 Å². The van der Waals surface area contributed by atoms with Gasteiger partial charge in [-0.2, -0.15) is 0 Å². The molecule has 2 heterocycles. The number of rotatable bonds is 6. The number of carboxylic acids is 1. The van der Waals surface area contributed by atoms with Crippen molar-refractivity contribution in [1.82, 2.24) is 9.55 Å². The van der Waals surface area contributed by atoms with Gasteiger partial charge in [0, 0.05) is 6.07 Å². The quantitative estimate of drug-likeness (QED) is 0.680. The van der Waals surface area contributed by atoms with Crippen LogP contribution in [-0.4, -0.2) is 33.0 Å². The van der Waals surface area contributed by atoms with Crippen LogP contribution in [0.3, 0.4) is 0 Å². The van der Waals surface area contributed by atoms with E-state index in [9.17, 15) is 9.90 Å². The van der Waals surface area contributed by atoms with Crippen LogP contribution in [0.1, 0.15) is 11.1 Å². The largest absolute Gasteiger partial charge is 0.497 e. The lowest BCUT2D eigenvalue weighted by Crippen LogP contribution is -2.45. The second-order valence-corrected chi connectivity index (χ2v) is 7.61. The first-order valence-corrected chi connectivity index (χ1v) is 9.75. The summed E-state index contributed by atoms with van der Waals surface area (Å²) in [6.07, 6.45) is 3.43. The lowest BCUT2D eigenvalue weighted by atomic mass is 10.1. The van der Waals surface area contributed by atoms with Gasteiger partial charge in [0.25, 0.3) is 0 Å². The Morgan fingerprint density at radius 2 is 2.14 bits per heavy atom. The summed E-state index contributed by atoms with van der Waals surface area (Å²) in [6, 6.07) is 13.4. The monoisotopic (exact) mass is 396 g/mol. The van der Waals surface area contributed by atoms with E-state index in [0.29, 0.717) is 5.75 Å². The fraction of sp³-hybridized carbons (Fsp3) is 0.238. The Bertz CT molecular complexity index is 1060. The number of aliphatic carboxylic acids is 1. The molecule has 0 fully saturated rings. The second-order valence-electron chi connectivity index (χ2n) is 6.59. The van der Waals surface area contributed by atoms with Crippen molar-refractivity contribution < 1.29 is 19.4 Å². The number of carboxylic acid groups (broad SMARTS) is 1. The van der Waals surface area contributed by atoms with Gasteiger partial charge < -0.3 is 14.6 Å². The van der Waals surface area contributed by atoms with Crippen LogP contribution in [0.4, 0.5) is 0 Å². The van der Waals surface area contributed by atoms with Crippen molar-refractivity contribution in [2.75, 3.05) is 7.11 Å². The fourth-order valence-corrected chi connectivity index (χ4v) is 4.40. The van der Waals surface area contributed by atoms with E-state index >= 15 is 0 Å². The molecule has 1 aromatic heterocycles. The minimum Gasteiger partial charge on any atom is -0.497 e. The van der Waals surface area contributed by atoms with Crippen molar-refractivity contribution >= 4 is 28.8 Å². The standard InChI is InChI=1S/C21H20N2O4S/c1-14-5-3-4-6-15(14)12-27-21(9-10-28-19(21)20(24)25)23-13-22-17-8-7-16(26-2)11-18(17)23/h3-11,13,19H,12H2,1-2H3,(H,24,25). The molecular formula is C21H20N2O4S. The lowest BCUT2D eigenvalue weighted by Gasteiger charge is -2.34. The molecule has 0 spiro atoms. The third kappa shape index (κ3) is 3.06. The summed E-state index contributed by atoms with van der Waals surface area (Å²) in [5.41, 5.74) is 2.41. The number of nitrogens with zero attached hydrogens (tertiary/aromatic N) is 2. The molecule has 2 atom stereocenters. The maximum Gasteiger partial charge on any atom is 0.322 e. The van der Waals surface area contributed by atoms with Gasteiger partial charge in [0.05, 0.1) is 31.1 Å². The van der Waals surface area contributed by atoms with Crippen LogP contribution in [0.2, 0.25) is 0 Å². The summed E-state index contributed by atoms with van der Waals surface area (Å²) in [7, 11) is 1.59. The molecule has 144 valence electrons. The molecule has 0 saturated carbocycles. The van der Waals surface area contributed by atoms with Gasteiger partial charge in [-0.1, -0.05) is 24.3 Å². The van der Waals surface area contributed by atoms with Crippen LogP contribution in [0.25, 0.3) is 11.0 Å². The molecule has 0 saturated heterocycles. The zero-order chi connectivity index (χ0) is 19.7. The highest BCUT2D eigenvalue weighted by atomic mass is 32.2. The Morgan fingerprint density at radius 1 is 1.32 bits per heavy atom. The fourth-order valence-electron chi connectivity index (χ4n) is 3.39. The van der Waals surface area contributed by atoms with Gasteiger partial charge in [-0.3, -0.25) is 9.36 Å². The van der Waals surface area contributed by atoms with Crippen LogP contribution >= 0.6 is 11.8 Å². The number of ether oxygens (including phenoxy) is 2. The molecule has 1 N–H and O–H groups in total. The number of benzene rings is 2. The topological polar surface area (TPSA) is 73.6 Å². The summed E-state index contributed by atoms with van der Waals surface area (Å²) in [5.74, 6) is -0.269. The highest BCUT2D eigenvalue weighted by Gasteiger charge is 2.48. The van der Waals surface area contributed by atoms with Gasteiger partial charge in [-0.15, -0.1) is 11.8 Å². The average molecular weight is 396 g/mol. The first-order chi connectivity index (χ1) is 13.5. The number of imidazole rings is 1. The molecule has 28 heavy (non-hydrogen) atoms. The van der Waals surface area contributed by atoms with Crippen LogP contribution in [0.15, 0.2) is 60.3 Å². The van der Waals surface area contributed by atoms with Gasteiger partial charge in [0.2, 0.25) is 0 Å².